The predicted octanol–water partition coefficient (Wildman–Crippen LogP) is 1.84. The summed E-state index contributed by atoms with van der Waals surface area (Å²) in [7, 11) is 0. The number of aromatic nitrogens is 2. The molecule has 2 rings (SSSR count). The SMILES string of the molecule is CC(C)(C)OC(=O)N1CCC(Nc2cn[nH]c(=O)c2Cl)C1. The summed E-state index contributed by atoms with van der Waals surface area (Å²) in [6.45, 7) is 6.59. The van der Waals surface area contributed by atoms with Crippen molar-refractivity contribution in [3.63, 3.8) is 0 Å². The number of nitrogens with zero attached hydrogens (tertiary/aromatic N) is 2. The zero-order valence-electron chi connectivity index (χ0n) is 12.3. The smallest absolute Gasteiger partial charge is 0.410 e. The molecule has 1 unspecified atom stereocenters. The molecule has 21 heavy (non-hydrogen) atoms. The molecule has 1 atom stereocenters. The number of amides is 1. The Balaban J connectivity index is 1.95. The second kappa shape index (κ2) is 5.93. The minimum absolute atomic E-state index is 0.0126. The quantitative estimate of drug-likeness (QED) is 0.869. The van der Waals surface area contributed by atoms with E-state index in [1.165, 1.54) is 6.20 Å². The topological polar surface area (TPSA) is 87.3 Å². The van der Waals surface area contributed by atoms with Crippen molar-refractivity contribution < 1.29 is 9.53 Å². The summed E-state index contributed by atoms with van der Waals surface area (Å²) in [4.78, 5) is 25.0. The third kappa shape index (κ3) is 4.10. The van der Waals surface area contributed by atoms with Crippen molar-refractivity contribution in [3.8, 4) is 0 Å². The van der Waals surface area contributed by atoms with Crippen LogP contribution in [0.4, 0.5) is 10.5 Å². The van der Waals surface area contributed by atoms with Gasteiger partial charge in [0.25, 0.3) is 5.56 Å². The molecule has 1 aromatic heterocycles. The lowest BCUT2D eigenvalue weighted by Gasteiger charge is -2.24. The van der Waals surface area contributed by atoms with Crippen molar-refractivity contribution in [3.05, 3.63) is 21.6 Å². The molecule has 2 heterocycles. The Kier molecular flexibility index (Phi) is 4.41. The predicted molar refractivity (Wildman–Crippen MR) is 79.7 cm³/mol. The second-order valence-electron chi connectivity index (χ2n) is 5.98. The highest BCUT2D eigenvalue weighted by atomic mass is 35.5. The highest BCUT2D eigenvalue weighted by molar-refractivity contribution is 6.32. The molecular formula is C13H19ClN4O3. The first-order chi connectivity index (χ1) is 9.76. The van der Waals surface area contributed by atoms with Crippen molar-refractivity contribution in [1.29, 1.82) is 0 Å². The number of nitrogens with one attached hydrogen (secondary N) is 2. The van der Waals surface area contributed by atoms with E-state index < -0.39 is 11.2 Å². The molecule has 8 heteroatoms. The van der Waals surface area contributed by atoms with E-state index in [-0.39, 0.29) is 17.2 Å². The molecule has 1 aliphatic heterocycles. The Morgan fingerprint density at radius 1 is 1.57 bits per heavy atom. The Morgan fingerprint density at radius 3 is 2.95 bits per heavy atom. The van der Waals surface area contributed by atoms with Gasteiger partial charge in [-0.25, -0.2) is 9.89 Å². The second-order valence-corrected chi connectivity index (χ2v) is 6.36. The molecule has 0 aromatic carbocycles. The number of hydrogen-bond acceptors (Lipinski definition) is 5. The van der Waals surface area contributed by atoms with Gasteiger partial charge in [0.2, 0.25) is 0 Å². The standard InChI is InChI=1S/C13H19ClN4O3/c1-13(2,3)21-12(20)18-5-4-8(7-18)16-9-6-15-17-11(19)10(9)14/h6,8H,4-5,7H2,1-3H3,(H2,16,17,19). The van der Waals surface area contributed by atoms with Crippen LogP contribution in [0.2, 0.25) is 5.02 Å². The molecule has 1 aromatic rings. The van der Waals surface area contributed by atoms with Crippen molar-refractivity contribution >= 4 is 23.4 Å². The summed E-state index contributed by atoms with van der Waals surface area (Å²) < 4.78 is 5.33. The van der Waals surface area contributed by atoms with Crippen molar-refractivity contribution in [2.75, 3.05) is 18.4 Å². The number of halogens is 1. The summed E-state index contributed by atoms with van der Waals surface area (Å²) in [5, 5.41) is 9.16. The van der Waals surface area contributed by atoms with Gasteiger partial charge in [-0.1, -0.05) is 11.6 Å². The van der Waals surface area contributed by atoms with Gasteiger partial charge in [-0.2, -0.15) is 5.10 Å². The highest BCUT2D eigenvalue weighted by Crippen LogP contribution is 2.21. The average molecular weight is 315 g/mol. The Labute approximate surface area is 127 Å². The molecule has 1 fully saturated rings. The number of hydrogen-bond donors (Lipinski definition) is 2. The van der Waals surface area contributed by atoms with Crippen LogP contribution in [-0.4, -0.2) is 45.9 Å². The molecule has 0 saturated carbocycles. The van der Waals surface area contributed by atoms with Gasteiger partial charge < -0.3 is 15.0 Å². The van der Waals surface area contributed by atoms with Gasteiger partial charge in [0.15, 0.2) is 0 Å². The fourth-order valence-electron chi connectivity index (χ4n) is 2.07. The summed E-state index contributed by atoms with van der Waals surface area (Å²) in [5.41, 5.74) is -0.483. The molecule has 116 valence electrons. The lowest BCUT2D eigenvalue weighted by atomic mass is 10.2. The third-order valence-electron chi connectivity index (χ3n) is 3.00. The number of rotatable bonds is 2. The van der Waals surface area contributed by atoms with E-state index in [9.17, 15) is 9.59 Å². The van der Waals surface area contributed by atoms with E-state index in [0.717, 1.165) is 6.42 Å². The van der Waals surface area contributed by atoms with E-state index in [4.69, 9.17) is 16.3 Å². The van der Waals surface area contributed by atoms with Gasteiger partial charge in [0.1, 0.15) is 10.6 Å². The largest absolute Gasteiger partial charge is 0.444 e. The van der Waals surface area contributed by atoms with Crippen molar-refractivity contribution in [1.82, 2.24) is 15.1 Å². The molecule has 0 aliphatic carbocycles. The number of carbonyl (C=O) groups excluding carboxylic acids is 1. The van der Waals surface area contributed by atoms with Crippen LogP contribution in [0, 0.1) is 0 Å². The van der Waals surface area contributed by atoms with Crippen LogP contribution >= 0.6 is 11.6 Å². The Morgan fingerprint density at radius 2 is 2.29 bits per heavy atom. The first-order valence-corrected chi connectivity index (χ1v) is 7.12. The molecule has 0 bridgehead atoms. The maximum absolute atomic E-state index is 12.0. The highest BCUT2D eigenvalue weighted by Gasteiger charge is 2.30. The third-order valence-corrected chi connectivity index (χ3v) is 3.37. The van der Waals surface area contributed by atoms with Crippen LogP contribution in [0.15, 0.2) is 11.0 Å². The van der Waals surface area contributed by atoms with E-state index in [1.807, 2.05) is 20.8 Å². The van der Waals surface area contributed by atoms with Crippen LogP contribution in [-0.2, 0) is 4.74 Å². The molecule has 1 aliphatic rings. The monoisotopic (exact) mass is 314 g/mol. The summed E-state index contributed by atoms with van der Waals surface area (Å²) >= 11 is 5.91. The molecular weight excluding hydrogens is 296 g/mol. The van der Waals surface area contributed by atoms with E-state index in [1.54, 1.807) is 4.90 Å². The van der Waals surface area contributed by atoms with Gasteiger partial charge >= 0.3 is 6.09 Å². The molecule has 0 spiro atoms. The lowest BCUT2D eigenvalue weighted by Crippen LogP contribution is -2.36. The molecule has 0 radical (unpaired) electrons. The fourth-order valence-corrected chi connectivity index (χ4v) is 2.22. The number of likely N-dealkylation sites (tertiary alicyclic amines) is 1. The van der Waals surface area contributed by atoms with Crippen LogP contribution in [0.3, 0.4) is 0 Å². The van der Waals surface area contributed by atoms with Gasteiger partial charge in [-0.15, -0.1) is 0 Å². The van der Waals surface area contributed by atoms with Gasteiger partial charge in [-0.05, 0) is 27.2 Å². The lowest BCUT2D eigenvalue weighted by molar-refractivity contribution is 0.0293. The molecule has 7 nitrogen and oxygen atoms in total. The van der Waals surface area contributed by atoms with E-state index in [2.05, 4.69) is 15.5 Å². The van der Waals surface area contributed by atoms with Gasteiger partial charge in [0, 0.05) is 19.1 Å². The van der Waals surface area contributed by atoms with Crippen LogP contribution < -0.4 is 10.9 Å². The van der Waals surface area contributed by atoms with Gasteiger partial charge in [0.05, 0.1) is 11.9 Å². The first-order valence-electron chi connectivity index (χ1n) is 6.74. The molecule has 2 N–H and O–H groups in total. The Bertz CT molecular complexity index is 582. The summed E-state index contributed by atoms with van der Waals surface area (Å²) in [5.74, 6) is 0. The summed E-state index contributed by atoms with van der Waals surface area (Å²) in [6, 6.07) is 0.0126. The summed E-state index contributed by atoms with van der Waals surface area (Å²) in [6.07, 6.45) is 1.88. The van der Waals surface area contributed by atoms with E-state index >= 15 is 0 Å². The first kappa shape index (κ1) is 15.6. The Hall–Kier alpha value is -1.76. The molecule has 1 amide bonds. The normalized spacial score (nSPS) is 18.7. The zero-order chi connectivity index (χ0) is 15.6. The molecule has 1 saturated heterocycles. The fraction of sp³-hybridized carbons (Fsp3) is 0.615. The van der Waals surface area contributed by atoms with Crippen molar-refractivity contribution in [2.45, 2.75) is 38.8 Å². The zero-order valence-corrected chi connectivity index (χ0v) is 13.0. The minimum atomic E-state index is -0.511. The number of anilines is 1. The minimum Gasteiger partial charge on any atom is -0.444 e. The maximum atomic E-state index is 12.0. The maximum Gasteiger partial charge on any atom is 0.410 e. The van der Waals surface area contributed by atoms with Gasteiger partial charge in [-0.3, -0.25) is 4.79 Å². The number of H-pyrrole nitrogens is 1. The van der Waals surface area contributed by atoms with E-state index in [0.29, 0.717) is 18.8 Å². The van der Waals surface area contributed by atoms with Crippen LogP contribution in [0.5, 0.6) is 0 Å². The average Bonchev–Trinajstić information content (AvgIpc) is 2.82. The number of ether oxygens (including phenoxy) is 1. The number of aromatic amines is 1. The number of carbonyl (C=O) groups is 1. The van der Waals surface area contributed by atoms with Crippen LogP contribution in [0.1, 0.15) is 27.2 Å². The van der Waals surface area contributed by atoms with Crippen LogP contribution in [0.25, 0.3) is 0 Å². The van der Waals surface area contributed by atoms with Crippen molar-refractivity contribution in [2.24, 2.45) is 0 Å².